The van der Waals surface area contributed by atoms with Crippen molar-refractivity contribution >= 4 is 39.7 Å². The first-order valence-corrected chi connectivity index (χ1v) is 14.5. The Hall–Kier alpha value is -4.18. The number of nitrogens with one attached hydrogen (secondary N) is 2. The number of ether oxygens (including phenoxy) is 1. The molecule has 7 rings (SSSR count). The molecule has 2 fully saturated rings. The maximum absolute atomic E-state index is 13.7. The SMILES string of the molecule is CC(C)n1ccc2nc(NC(=O)C3CC3)cc(Nc3cccc4c3N(C)Cc3c-4cnn3C3CCOCC3)c2c1=O. The third-order valence-corrected chi connectivity index (χ3v) is 8.44. The van der Waals surface area contributed by atoms with E-state index in [0.29, 0.717) is 28.5 Å². The standard InChI is InChI=1S/C31H35N7O3/c1-18(2)37-12-9-23-28(31(37)40)25(15-27(34-23)35-30(39)19-7-8-19)33-24-6-4-5-21-22-16-32-38(20-10-13-41-14-11-20)26(22)17-36(3)29(21)24/h4-6,9,12,15-16,18-20H,7-8,10-11,13-14,17H2,1-3H3,(H2,33,34,35,39). The van der Waals surface area contributed by atoms with Crippen molar-refractivity contribution in [3.63, 3.8) is 0 Å². The van der Waals surface area contributed by atoms with Gasteiger partial charge in [-0.3, -0.25) is 14.3 Å². The van der Waals surface area contributed by atoms with Crippen LogP contribution >= 0.6 is 0 Å². The molecule has 3 aliphatic rings. The van der Waals surface area contributed by atoms with Crippen LogP contribution in [0.3, 0.4) is 0 Å². The maximum atomic E-state index is 13.7. The second-order valence-corrected chi connectivity index (χ2v) is 11.7. The Kier molecular flexibility index (Phi) is 6.30. The summed E-state index contributed by atoms with van der Waals surface area (Å²) in [6.07, 6.45) is 7.49. The van der Waals surface area contributed by atoms with Gasteiger partial charge in [-0.05, 0) is 51.7 Å². The normalized spacial score (nSPS) is 17.0. The van der Waals surface area contributed by atoms with Crippen LogP contribution in [0.1, 0.15) is 57.3 Å². The van der Waals surface area contributed by atoms with E-state index in [1.165, 1.54) is 5.69 Å². The van der Waals surface area contributed by atoms with E-state index in [1.807, 2.05) is 38.2 Å². The molecule has 1 saturated heterocycles. The number of para-hydroxylation sites is 1. The molecule has 5 heterocycles. The summed E-state index contributed by atoms with van der Waals surface area (Å²) in [5.41, 5.74) is 6.40. The Morgan fingerprint density at radius 1 is 1.07 bits per heavy atom. The van der Waals surface area contributed by atoms with Gasteiger partial charge in [-0.15, -0.1) is 0 Å². The molecule has 0 radical (unpaired) electrons. The fourth-order valence-corrected chi connectivity index (χ4v) is 6.14. The number of pyridine rings is 2. The molecule has 212 valence electrons. The number of hydrogen-bond donors (Lipinski definition) is 2. The highest BCUT2D eigenvalue weighted by Crippen LogP contribution is 2.45. The number of amides is 1. The van der Waals surface area contributed by atoms with Crippen molar-refractivity contribution in [2.45, 2.75) is 58.2 Å². The number of carbonyl (C=O) groups excluding carboxylic acids is 1. The van der Waals surface area contributed by atoms with Crippen molar-refractivity contribution < 1.29 is 9.53 Å². The smallest absolute Gasteiger partial charge is 0.262 e. The van der Waals surface area contributed by atoms with Crippen LogP contribution < -0.4 is 21.1 Å². The van der Waals surface area contributed by atoms with Crippen LogP contribution in [0.2, 0.25) is 0 Å². The number of hydrogen-bond acceptors (Lipinski definition) is 7. The Morgan fingerprint density at radius 2 is 1.88 bits per heavy atom. The van der Waals surface area contributed by atoms with Gasteiger partial charge >= 0.3 is 0 Å². The summed E-state index contributed by atoms with van der Waals surface area (Å²) in [7, 11) is 2.09. The third kappa shape index (κ3) is 4.56. The largest absolute Gasteiger partial charge is 0.381 e. The number of rotatable bonds is 6. The molecule has 1 aliphatic carbocycles. The van der Waals surface area contributed by atoms with Gasteiger partial charge in [0, 0.05) is 55.6 Å². The Bertz CT molecular complexity index is 1710. The zero-order valence-corrected chi connectivity index (χ0v) is 23.7. The number of fused-ring (bicyclic) bond motifs is 4. The number of benzene rings is 1. The van der Waals surface area contributed by atoms with E-state index in [4.69, 9.17) is 9.84 Å². The van der Waals surface area contributed by atoms with Crippen molar-refractivity contribution in [2.24, 2.45) is 5.92 Å². The molecule has 41 heavy (non-hydrogen) atoms. The predicted octanol–water partition coefficient (Wildman–Crippen LogP) is 5.23. The molecular weight excluding hydrogens is 518 g/mol. The molecule has 1 saturated carbocycles. The fraction of sp³-hybridized carbons (Fsp3) is 0.419. The summed E-state index contributed by atoms with van der Waals surface area (Å²) >= 11 is 0. The van der Waals surface area contributed by atoms with Crippen molar-refractivity contribution in [3.8, 4) is 11.1 Å². The summed E-state index contributed by atoms with van der Waals surface area (Å²) < 4.78 is 9.48. The first kappa shape index (κ1) is 25.8. The van der Waals surface area contributed by atoms with Crippen molar-refractivity contribution in [1.82, 2.24) is 19.3 Å². The third-order valence-electron chi connectivity index (χ3n) is 8.44. The molecule has 0 bridgehead atoms. The zero-order chi connectivity index (χ0) is 28.2. The summed E-state index contributed by atoms with van der Waals surface area (Å²) in [5.74, 6) is 0.463. The Morgan fingerprint density at radius 3 is 2.63 bits per heavy atom. The molecule has 0 unspecified atom stereocenters. The molecule has 10 heteroatoms. The van der Waals surface area contributed by atoms with Gasteiger partial charge < -0.3 is 24.8 Å². The van der Waals surface area contributed by atoms with Gasteiger partial charge in [0.25, 0.3) is 5.56 Å². The first-order chi connectivity index (χ1) is 19.9. The molecule has 10 nitrogen and oxygen atoms in total. The van der Waals surface area contributed by atoms with Crippen molar-refractivity contribution in [1.29, 1.82) is 0 Å². The highest BCUT2D eigenvalue weighted by molar-refractivity contribution is 6.00. The van der Waals surface area contributed by atoms with Gasteiger partial charge in [0.1, 0.15) is 5.82 Å². The lowest BCUT2D eigenvalue weighted by Crippen LogP contribution is -2.28. The van der Waals surface area contributed by atoms with Crippen LogP contribution in [0.5, 0.6) is 0 Å². The average Bonchev–Trinajstić information content (AvgIpc) is 3.73. The van der Waals surface area contributed by atoms with Crippen LogP contribution in [0.25, 0.3) is 22.0 Å². The molecule has 2 N–H and O–H groups in total. The van der Waals surface area contributed by atoms with Crippen molar-refractivity contribution in [3.05, 3.63) is 58.8 Å². The van der Waals surface area contributed by atoms with Gasteiger partial charge in [-0.1, -0.05) is 12.1 Å². The Labute approximate surface area is 238 Å². The van der Waals surface area contributed by atoms with Crippen LogP contribution in [-0.4, -0.2) is 45.5 Å². The van der Waals surface area contributed by atoms with E-state index in [0.717, 1.165) is 67.9 Å². The molecule has 2 aliphatic heterocycles. The van der Waals surface area contributed by atoms with Crippen LogP contribution in [0, 0.1) is 5.92 Å². The molecular formula is C31H35N7O3. The lowest BCUT2D eigenvalue weighted by Gasteiger charge is -2.32. The molecule has 4 aromatic rings. The van der Waals surface area contributed by atoms with Gasteiger partial charge in [-0.25, -0.2) is 4.98 Å². The number of carbonyl (C=O) groups is 1. The van der Waals surface area contributed by atoms with Gasteiger partial charge in [0.15, 0.2) is 0 Å². The van der Waals surface area contributed by atoms with Crippen LogP contribution in [0.15, 0.2) is 47.5 Å². The molecule has 1 aromatic carbocycles. The van der Waals surface area contributed by atoms with E-state index in [1.54, 1.807) is 16.8 Å². The second kappa shape index (κ2) is 10.0. The quantitative estimate of drug-likeness (QED) is 0.337. The Balaban J connectivity index is 1.32. The lowest BCUT2D eigenvalue weighted by molar-refractivity contribution is -0.117. The average molecular weight is 554 g/mol. The lowest BCUT2D eigenvalue weighted by atomic mass is 9.97. The number of anilines is 4. The monoisotopic (exact) mass is 553 g/mol. The topological polar surface area (TPSA) is 106 Å². The molecule has 0 spiro atoms. The van der Waals surface area contributed by atoms with E-state index in [-0.39, 0.29) is 23.4 Å². The minimum absolute atomic E-state index is 0.00435. The van der Waals surface area contributed by atoms with E-state index >= 15 is 0 Å². The highest BCUT2D eigenvalue weighted by atomic mass is 16.5. The second-order valence-electron chi connectivity index (χ2n) is 11.7. The van der Waals surface area contributed by atoms with E-state index in [9.17, 15) is 9.59 Å². The number of aromatic nitrogens is 4. The van der Waals surface area contributed by atoms with Gasteiger partial charge in [0.2, 0.25) is 5.91 Å². The van der Waals surface area contributed by atoms with E-state index < -0.39 is 0 Å². The molecule has 1 amide bonds. The number of nitrogens with zero attached hydrogens (tertiary/aromatic N) is 5. The van der Waals surface area contributed by atoms with Crippen molar-refractivity contribution in [2.75, 3.05) is 35.8 Å². The summed E-state index contributed by atoms with van der Waals surface area (Å²) in [6, 6.07) is 10.2. The van der Waals surface area contributed by atoms with Gasteiger partial charge in [0.05, 0.1) is 52.4 Å². The fourth-order valence-electron chi connectivity index (χ4n) is 6.14. The predicted molar refractivity (Wildman–Crippen MR) is 160 cm³/mol. The summed E-state index contributed by atoms with van der Waals surface area (Å²) in [6.45, 7) is 6.22. The van der Waals surface area contributed by atoms with Crippen LogP contribution in [0.4, 0.5) is 22.9 Å². The van der Waals surface area contributed by atoms with Gasteiger partial charge in [-0.2, -0.15) is 5.10 Å². The zero-order valence-electron chi connectivity index (χ0n) is 23.7. The summed E-state index contributed by atoms with van der Waals surface area (Å²) in [5, 5.41) is 11.9. The van der Waals surface area contributed by atoms with E-state index in [2.05, 4.69) is 38.3 Å². The van der Waals surface area contributed by atoms with Crippen LogP contribution in [-0.2, 0) is 16.1 Å². The minimum atomic E-state index is -0.120. The minimum Gasteiger partial charge on any atom is -0.381 e. The highest BCUT2D eigenvalue weighted by Gasteiger charge is 2.31. The maximum Gasteiger partial charge on any atom is 0.262 e. The first-order valence-electron chi connectivity index (χ1n) is 14.5. The summed E-state index contributed by atoms with van der Waals surface area (Å²) in [4.78, 5) is 33.2. The molecule has 3 aromatic heterocycles. The molecule has 0 atom stereocenters.